The Bertz CT molecular complexity index is 397. The first-order valence-corrected chi connectivity index (χ1v) is 5.73. The first-order valence-electron chi connectivity index (χ1n) is 5.73. The molecule has 1 aromatic rings. The molecule has 0 radical (unpaired) electrons. The van der Waals surface area contributed by atoms with Gasteiger partial charge in [0.25, 0.3) is 0 Å². The molecule has 86 valence electrons. The highest BCUT2D eigenvalue weighted by Crippen LogP contribution is 2.32. The Labute approximate surface area is 96.0 Å². The van der Waals surface area contributed by atoms with Crippen molar-refractivity contribution in [3.63, 3.8) is 0 Å². The number of carbonyl (C=O) groups is 1. The Hall–Kier alpha value is -1.35. The fraction of sp³-hybridized carbons (Fsp3) is 0.462. The van der Waals surface area contributed by atoms with Crippen LogP contribution in [0.15, 0.2) is 24.3 Å². The van der Waals surface area contributed by atoms with Crippen LogP contribution in [0.5, 0.6) is 0 Å². The fourth-order valence-electron chi connectivity index (χ4n) is 2.06. The maximum Gasteiger partial charge on any atom is 0.226 e. The number of nitrogens with one attached hydrogen (secondary N) is 1. The molecule has 0 aromatic heterocycles. The van der Waals surface area contributed by atoms with Crippen molar-refractivity contribution in [3.05, 3.63) is 29.8 Å². The number of benzene rings is 1. The lowest BCUT2D eigenvalue weighted by atomic mass is 9.75. The first-order chi connectivity index (χ1) is 7.57. The molecule has 0 heterocycles. The zero-order valence-corrected chi connectivity index (χ0v) is 9.62. The van der Waals surface area contributed by atoms with Crippen LogP contribution in [0.3, 0.4) is 0 Å². The van der Waals surface area contributed by atoms with Gasteiger partial charge in [-0.1, -0.05) is 12.1 Å². The van der Waals surface area contributed by atoms with Gasteiger partial charge < -0.3 is 11.1 Å². The highest BCUT2D eigenvalue weighted by atomic mass is 16.1. The fourth-order valence-corrected chi connectivity index (χ4v) is 2.06. The van der Waals surface area contributed by atoms with E-state index in [1.807, 2.05) is 31.2 Å². The van der Waals surface area contributed by atoms with Gasteiger partial charge in [-0.15, -0.1) is 0 Å². The normalized spacial score (nSPS) is 17.6. The van der Waals surface area contributed by atoms with Gasteiger partial charge in [0.2, 0.25) is 5.91 Å². The van der Waals surface area contributed by atoms with E-state index < -0.39 is 0 Å². The summed E-state index contributed by atoms with van der Waals surface area (Å²) in [7, 11) is 0. The Balaban J connectivity index is 1.92. The van der Waals surface area contributed by atoms with Gasteiger partial charge in [-0.3, -0.25) is 4.79 Å². The van der Waals surface area contributed by atoms with E-state index in [1.165, 1.54) is 0 Å². The lowest BCUT2D eigenvalue weighted by Crippen LogP contribution is -2.48. The Morgan fingerprint density at radius 1 is 1.50 bits per heavy atom. The molecule has 1 aromatic carbocycles. The number of hydrogen-bond donors (Lipinski definition) is 2. The number of amides is 1. The van der Waals surface area contributed by atoms with Crippen LogP contribution in [0.1, 0.15) is 31.2 Å². The molecule has 1 saturated carbocycles. The second-order valence-electron chi connectivity index (χ2n) is 4.81. The summed E-state index contributed by atoms with van der Waals surface area (Å²) in [6.45, 7) is 2.01. The number of aryl methyl sites for hydroxylation is 1. The van der Waals surface area contributed by atoms with Crippen molar-refractivity contribution in [1.82, 2.24) is 0 Å². The SMILES string of the molecule is Cc1cccc(NC(=O)CC2(N)CCC2)c1. The highest BCUT2D eigenvalue weighted by molar-refractivity contribution is 5.91. The summed E-state index contributed by atoms with van der Waals surface area (Å²) in [5.74, 6) is 0.0211. The topological polar surface area (TPSA) is 55.1 Å². The van der Waals surface area contributed by atoms with Crippen molar-refractivity contribution in [3.8, 4) is 0 Å². The van der Waals surface area contributed by atoms with E-state index in [9.17, 15) is 4.79 Å². The van der Waals surface area contributed by atoms with Crippen molar-refractivity contribution in [2.75, 3.05) is 5.32 Å². The molecule has 16 heavy (non-hydrogen) atoms. The average Bonchev–Trinajstić information content (AvgIpc) is 2.15. The smallest absolute Gasteiger partial charge is 0.226 e. The zero-order valence-electron chi connectivity index (χ0n) is 9.62. The molecule has 0 unspecified atom stereocenters. The summed E-state index contributed by atoms with van der Waals surface area (Å²) in [5.41, 5.74) is 7.78. The largest absolute Gasteiger partial charge is 0.326 e. The summed E-state index contributed by atoms with van der Waals surface area (Å²) in [6.07, 6.45) is 3.51. The summed E-state index contributed by atoms with van der Waals surface area (Å²) < 4.78 is 0. The van der Waals surface area contributed by atoms with Crippen LogP contribution in [-0.4, -0.2) is 11.4 Å². The molecule has 3 nitrogen and oxygen atoms in total. The van der Waals surface area contributed by atoms with Gasteiger partial charge in [0.1, 0.15) is 0 Å². The van der Waals surface area contributed by atoms with Crippen LogP contribution in [0.4, 0.5) is 5.69 Å². The molecule has 0 bridgehead atoms. The molecule has 1 aliphatic carbocycles. The summed E-state index contributed by atoms with van der Waals surface area (Å²) >= 11 is 0. The molecule has 1 aliphatic rings. The van der Waals surface area contributed by atoms with E-state index in [0.29, 0.717) is 6.42 Å². The minimum Gasteiger partial charge on any atom is -0.326 e. The lowest BCUT2D eigenvalue weighted by Gasteiger charge is -2.37. The van der Waals surface area contributed by atoms with Crippen LogP contribution in [0.2, 0.25) is 0 Å². The van der Waals surface area contributed by atoms with Gasteiger partial charge in [0, 0.05) is 17.6 Å². The molecule has 2 rings (SSSR count). The van der Waals surface area contributed by atoms with Crippen LogP contribution >= 0.6 is 0 Å². The Kier molecular flexibility index (Phi) is 2.97. The molecular weight excluding hydrogens is 200 g/mol. The number of anilines is 1. The van der Waals surface area contributed by atoms with Crippen molar-refractivity contribution in [2.24, 2.45) is 5.73 Å². The van der Waals surface area contributed by atoms with Gasteiger partial charge in [0.15, 0.2) is 0 Å². The number of rotatable bonds is 3. The van der Waals surface area contributed by atoms with Crippen molar-refractivity contribution in [1.29, 1.82) is 0 Å². The summed E-state index contributed by atoms with van der Waals surface area (Å²) in [5, 5.41) is 2.89. The summed E-state index contributed by atoms with van der Waals surface area (Å²) in [4.78, 5) is 11.7. The van der Waals surface area contributed by atoms with Crippen molar-refractivity contribution in [2.45, 2.75) is 38.1 Å². The Morgan fingerprint density at radius 2 is 2.25 bits per heavy atom. The number of carbonyl (C=O) groups excluding carboxylic acids is 1. The third kappa shape index (κ3) is 2.61. The number of nitrogens with two attached hydrogens (primary N) is 1. The van der Waals surface area contributed by atoms with Gasteiger partial charge in [-0.05, 0) is 43.9 Å². The van der Waals surface area contributed by atoms with Crippen molar-refractivity contribution >= 4 is 11.6 Å². The molecular formula is C13H18N2O. The molecule has 0 spiro atoms. The Morgan fingerprint density at radius 3 is 2.81 bits per heavy atom. The van der Waals surface area contributed by atoms with Gasteiger partial charge in [-0.2, -0.15) is 0 Å². The van der Waals surface area contributed by atoms with Crippen molar-refractivity contribution < 1.29 is 4.79 Å². The van der Waals surface area contributed by atoms with E-state index in [4.69, 9.17) is 5.73 Å². The minimum atomic E-state index is -0.242. The van der Waals surface area contributed by atoms with E-state index in [-0.39, 0.29) is 11.4 Å². The third-order valence-electron chi connectivity index (χ3n) is 3.16. The second-order valence-corrected chi connectivity index (χ2v) is 4.81. The third-order valence-corrected chi connectivity index (χ3v) is 3.16. The summed E-state index contributed by atoms with van der Waals surface area (Å²) in [6, 6.07) is 7.80. The van der Waals surface area contributed by atoms with E-state index in [1.54, 1.807) is 0 Å². The van der Waals surface area contributed by atoms with Crippen LogP contribution in [0.25, 0.3) is 0 Å². The van der Waals surface area contributed by atoms with Gasteiger partial charge in [-0.25, -0.2) is 0 Å². The molecule has 0 saturated heterocycles. The lowest BCUT2D eigenvalue weighted by molar-refractivity contribution is -0.118. The minimum absolute atomic E-state index is 0.0211. The number of hydrogen-bond acceptors (Lipinski definition) is 2. The van der Waals surface area contributed by atoms with E-state index in [2.05, 4.69) is 5.32 Å². The molecule has 3 N–H and O–H groups in total. The second kappa shape index (κ2) is 4.26. The molecule has 1 amide bonds. The van der Waals surface area contributed by atoms with Crippen LogP contribution in [-0.2, 0) is 4.79 Å². The standard InChI is InChI=1S/C13H18N2O/c1-10-4-2-5-11(8-10)15-12(16)9-13(14)6-3-7-13/h2,4-5,8H,3,6-7,9,14H2,1H3,(H,15,16). The predicted molar refractivity (Wildman–Crippen MR) is 65.2 cm³/mol. The highest BCUT2D eigenvalue weighted by Gasteiger charge is 2.34. The first kappa shape index (κ1) is 11.1. The van der Waals surface area contributed by atoms with Gasteiger partial charge >= 0.3 is 0 Å². The monoisotopic (exact) mass is 218 g/mol. The quantitative estimate of drug-likeness (QED) is 0.817. The van der Waals surface area contributed by atoms with Crippen LogP contribution < -0.4 is 11.1 Å². The van der Waals surface area contributed by atoms with Gasteiger partial charge in [0.05, 0.1) is 0 Å². The average molecular weight is 218 g/mol. The predicted octanol–water partition coefficient (Wildman–Crippen LogP) is 2.21. The molecule has 0 aliphatic heterocycles. The molecule has 3 heteroatoms. The molecule has 1 fully saturated rings. The maximum absolute atomic E-state index is 11.7. The van der Waals surface area contributed by atoms with E-state index >= 15 is 0 Å². The zero-order chi connectivity index (χ0) is 11.6. The molecule has 0 atom stereocenters. The maximum atomic E-state index is 11.7. The van der Waals surface area contributed by atoms with Crippen LogP contribution in [0, 0.1) is 6.92 Å². The van der Waals surface area contributed by atoms with E-state index in [0.717, 1.165) is 30.5 Å².